The quantitative estimate of drug-likeness (QED) is 0.825. The molecule has 0 saturated carbocycles. The number of aliphatic carboxylic acids is 1. The van der Waals surface area contributed by atoms with Crippen molar-refractivity contribution in [1.82, 2.24) is 0 Å². The number of hydrogen-bond acceptors (Lipinski definition) is 2. The molecule has 15 heavy (non-hydrogen) atoms. The van der Waals surface area contributed by atoms with Gasteiger partial charge in [0.2, 0.25) is 0 Å². The standard InChI is InChI=1S/C10H9BrO4/c11-8(5-9(12)13)6-1-3-7(4-2-6)10(14)15/h1-4,8H,5H2,(H,12,13)(H,14,15). The number of aromatic carboxylic acids is 1. The van der Waals surface area contributed by atoms with Crippen LogP contribution in [0, 0.1) is 0 Å². The van der Waals surface area contributed by atoms with Crippen molar-refractivity contribution < 1.29 is 19.8 Å². The fourth-order valence-corrected chi connectivity index (χ4v) is 1.69. The molecular weight excluding hydrogens is 264 g/mol. The van der Waals surface area contributed by atoms with Crippen LogP contribution in [0.5, 0.6) is 0 Å². The van der Waals surface area contributed by atoms with Crippen molar-refractivity contribution in [3.05, 3.63) is 35.4 Å². The van der Waals surface area contributed by atoms with Crippen LogP contribution in [0.3, 0.4) is 0 Å². The number of hydrogen-bond donors (Lipinski definition) is 2. The van der Waals surface area contributed by atoms with Crippen molar-refractivity contribution in [2.24, 2.45) is 0 Å². The van der Waals surface area contributed by atoms with Crippen LogP contribution >= 0.6 is 15.9 Å². The predicted molar refractivity (Wildman–Crippen MR) is 57.3 cm³/mol. The summed E-state index contributed by atoms with van der Waals surface area (Å²) in [7, 11) is 0. The molecule has 2 N–H and O–H groups in total. The molecule has 80 valence electrons. The lowest BCUT2D eigenvalue weighted by atomic mass is 10.1. The molecule has 0 heterocycles. The average molecular weight is 273 g/mol. The molecule has 0 aliphatic carbocycles. The Hall–Kier alpha value is -1.36. The van der Waals surface area contributed by atoms with Gasteiger partial charge in [0.05, 0.1) is 12.0 Å². The highest BCUT2D eigenvalue weighted by atomic mass is 79.9. The van der Waals surface area contributed by atoms with Gasteiger partial charge in [0.1, 0.15) is 0 Å². The zero-order valence-corrected chi connectivity index (χ0v) is 9.27. The van der Waals surface area contributed by atoms with E-state index in [2.05, 4.69) is 15.9 Å². The van der Waals surface area contributed by atoms with E-state index in [1.165, 1.54) is 12.1 Å². The molecule has 0 aliphatic heterocycles. The van der Waals surface area contributed by atoms with E-state index in [4.69, 9.17) is 10.2 Å². The maximum absolute atomic E-state index is 10.6. The number of carboxylic acids is 2. The van der Waals surface area contributed by atoms with Gasteiger partial charge in [-0.25, -0.2) is 4.79 Å². The molecule has 1 aromatic rings. The number of carbonyl (C=O) groups is 2. The fourth-order valence-electron chi connectivity index (χ4n) is 1.11. The van der Waals surface area contributed by atoms with Crippen molar-refractivity contribution in [2.45, 2.75) is 11.2 Å². The van der Waals surface area contributed by atoms with Crippen LogP contribution in [-0.4, -0.2) is 22.2 Å². The summed E-state index contributed by atoms with van der Waals surface area (Å²) in [6, 6.07) is 6.11. The normalized spacial score (nSPS) is 12.1. The molecule has 0 amide bonds. The molecule has 1 rings (SSSR count). The van der Waals surface area contributed by atoms with Gasteiger partial charge in [-0.1, -0.05) is 28.1 Å². The van der Waals surface area contributed by atoms with Gasteiger partial charge in [0.25, 0.3) is 0 Å². The van der Waals surface area contributed by atoms with E-state index in [1.54, 1.807) is 12.1 Å². The summed E-state index contributed by atoms with van der Waals surface area (Å²) in [6.07, 6.45) is -0.0353. The second kappa shape index (κ2) is 4.93. The highest BCUT2D eigenvalue weighted by Gasteiger charge is 2.12. The Kier molecular flexibility index (Phi) is 3.85. The number of benzene rings is 1. The lowest BCUT2D eigenvalue weighted by Crippen LogP contribution is -2.01. The lowest BCUT2D eigenvalue weighted by Gasteiger charge is -2.07. The largest absolute Gasteiger partial charge is 0.481 e. The van der Waals surface area contributed by atoms with Crippen LogP contribution < -0.4 is 0 Å². The predicted octanol–water partition coefficient (Wildman–Crippen LogP) is 2.30. The van der Waals surface area contributed by atoms with E-state index in [0.717, 1.165) is 5.56 Å². The minimum atomic E-state index is -0.995. The van der Waals surface area contributed by atoms with Crippen LogP contribution in [0.15, 0.2) is 24.3 Å². The smallest absolute Gasteiger partial charge is 0.335 e. The maximum atomic E-state index is 10.6. The Morgan fingerprint density at radius 1 is 1.20 bits per heavy atom. The molecule has 1 unspecified atom stereocenters. The minimum Gasteiger partial charge on any atom is -0.481 e. The topological polar surface area (TPSA) is 74.6 Å². The SMILES string of the molecule is O=C(O)CC(Br)c1ccc(C(=O)O)cc1. The van der Waals surface area contributed by atoms with E-state index in [9.17, 15) is 9.59 Å². The van der Waals surface area contributed by atoms with Crippen molar-refractivity contribution in [3.63, 3.8) is 0 Å². The number of rotatable bonds is 4. The molecule has 4 nitrogen and oxygen atoms in total. The first-order valence-electron chi connectivity index (χ1n) is 4.20. The third kappa shape index (κ3) is 3.36. The average Bonchev–Trinajstić information content (AvgIpc) is 2.17. The van der Waals surface area contributed by atoms with E-state index in [1.807, 2.05) is 0 Å². The third-order valence-corrected chi connectivity index (χ3v) is 2.73. The first-order valence-corrected chi connectivity index (χ1v) is 5.11. The Labute approximate surface area is 94.7 Å². The van der Waals surface area contributed by atoms with Gasteiger partial charge in [-0.05, 0) is 17.7 Å². The summed E-state index contributed by atoms with van der Waals surface area (Å²) in [4.78, 5) is 20.7. The zero-order valence-electron chi connectivity index (χ0n) is 7.68. The van der Waals surface area contributed by atoms with E-state index < -0.39 is 11.9 Å². The van der Waals surface area contributed by atoms with Crippen LogP contribution in [0.1, 0.15) is 27.2 Å². The molecule has 5 heteroatoms. The monoisotopic (exact) mass is 272 g/mol. The fraction of sp³-hybridized carbons (Fsp3) is 0.200. The zero-order chi connectivity index (χ0) is 11.4. The Morgan fingerprint density at radius 3 is 2.13 bits per heavy atom. The maximum Gasteiger partial charge on any atom is 0.335 e. The highest BCUT2D eigenvalue weighted by Crippen LogP contribution is 2.26. The molecule has 0 spiro atoms. The molecule has 0 aliphatic rings. The second-order valence-electron chi connectivity index (χ2n) is 2.99. The number of carboxylic acid groups (broad SMARTS) is 2. The van der Waals surface area contributed by atoms with Gasteiger partial charge in [-0.15, -0.1) is 0 Å². The van der Waals surface area contributed by atoms with Crippen molar-refractivity contribution in [3.8, 4) is 0 Å². The Morgan fingerprint density at radius 2 is 1.73 bits per heavy atom. The molecular formula is C10H9BrO4. The molecule has 1 aromatic carbocycles. The Balaban J connectivity index is 2.79. The van der Waals surface area contributed by atoms with Crippen molar-refractivity contribution in [2.75, 3.05) is 0 Å². The van der Waals surface area contributed by atoms with Crippen LogP contribution in [-0.2, 0) is 4.79 Å². The van der Waals surface area contributed by atoms with Gasteiger partial charge in [0.15, 0.2) is 0 Å². The first-order chi connectivity index (χ1) is 7.00. The summed E-state index contributed by atoms with van der Waals surface area (Å²) >= 11 is 3.22. The van der Waals surface area contributed by atoms with E-state index in [0.29, 0.717) is 0 Å². The van der Waals surface area contributed by atoms with Crippen molar-refractivity contribution >= 4 is 27.9 Å². The number of alkyl halides is 1. The summed E-state index contributed by atoms with van der Waals surface area (Å²) < 4.78 is 0. The summed E-state index contributed by atoms with van der Waals surface area (Å²) in [5.74, 6) is -1.90. The first kappa shape index (κ1) is 11.7. The van der Waals surface area contributed by atoms with Crippen LogP contribution in [0.2, 0.25) is 0 Å². The minimum absolute atomic E-state index is 0.0353. The third-order valence-electron chi connectivity index (χ3n) is 1.87. The Bertz CT molecular complexity index is 372. The van der Waals surface area contributed by atoms with Gasteiger partial charge < -0.3 is 10.2 Å². The molecule has 0 aromatic heterocycles. The lowest BCUT2D eigenvalue weighted by molar-refractivity contribution is -0.136. The van der Waals surface area contributed by atoms with E-state index in [-0.39, 0.29) is 16.8 Å². The van der Waals surface area contributed by atoms with Gasteiger partial charge in [-0.2, -0.15) is 0 Å². The van der Waals surface area contributed by atoms with Gasteiger partial charge in [-0.3, -0.25) is 4.79 Å². The number of halogens is 1. The summed E-state index contributed by atoms with van der Waals surface area (Å²) in [6.45, 7) is 0. The summed E-state index contributed by atoms with van der Waals surface area (Å²) in [5.41, 5.74) is 0.941. The second-order valence-corrected chi connectivity index (χ2v) is 4.10. The highest BCUT2D eigenvalue weighted by molar-refractivity contribution is 9.09. The van der Waals surface area contributed by atoms with Crippen molar-refractivity contribution in [1.29, 1.82) is 0 Å². The molecule has 0 fully saturated rings. The molecule has 0 bridgehead atoms. The van der Waals surface area contributed by atoms with Gasteiger partial charge >= 0.3 is 11.9 Å². The molecule has 0 saturated heterocycles. The summed E-state index contributed by atoms with van der Waals surface area (Å²) in [5, 5.41) is 17.2. The van der Waals surface area contributed by atoms with E-state index >= 15 is 0 Å². The molecule has 1 atom stereocenters. The van der Waals surface area contributed by atoms with Gasteiger partial charge in [0, 0.05) is 4.83 Å². The van der Waals surface area contributed by atoms with Crippen LogP contribution in [0.4, 0.5) is 0 Å². The molecule has 0 radical (unpaired) electrons. The van der Waals surface area contributed by atoms with Crippen LogP contribution in [0.25, 0.3) is 0 Å².